The Morgan fingerprint density at radius 2 is 1.86 bits per heavy atom. The van der Waals surface area contributed by atoms with Crippen molar-refractivity contribution in [3.63, 3.8) is 0 Å². The summed E-state index contributed by atoms with van der Waals surface area (Å²) in [6, 6.07) is 11.5. The Bertz CT molecular complexity index is 1050. The number of nitrogens with two attached hydrogens (primary N) is 1. The second-order valence-corrected chi connectivity index (χ2v) is 6.66. The molecular formula is C20H21FN6O2. The molecule has 0 saturated carbocycles. The number of aryl methyl sites for hydroxylation is 2. The number of nitrogens with zero attached hydrogens (tertiary/aromatic N) is 3. The highest BCUT2D eigenvalue weighted by Gasteiger charge is 2.19. The van der Waals surface area contributed by atoms with Crippen LogP contribution in [0.4, 0.5) is 15.9 Å². The molecule has 8 nitrogen and oxygen atoms in total. The summed E-state index contributed by atoms with van der Waals surface area (Å²) < 4.78 is 14.1. The number of nitrogen functional groups attached to an aromatic ring is 1. The largest absolute Gasteiger partial charge is 0.382 e. The lowest BCUT2D eigenvalue weighted by atomic mass is 10.1. The zero-order chi connectivity index (χ0) is 21.0. The van der Waals surface area contributed by atoms with Gasteiger partial charge in [0, 0.05) is 12.2 Å². The van der Waals surface area contributed by atoms with Crippen molar-refractivity contribution in [2.45, 2.75) is 26.9 Å². The molecule has 9 heteroatoms. The maximum Gasteiger partial charge on any atom is 0.275 e. The summed E-state index contributed by atoms with van der Waals surface area (Å²) in [6.45, 7) is 3.82. The van der Waals surface area contributed by atoms with Crippen LogP contribution in [-0.2, 0) is 17.9 Å². The lowest BCUT2D eigenvalue weighted by Gasteiger charge is -2.10. The summed E-state index contributed by atoms with van der Waals surface area (Å²) in [7, 11) is 0. The van der Waals surface area contributed by atoms with Gasteiger partial charge in [-0.25, -0.2) is 9.07 Å². The molecule has 0 atom stereocenters. The van der Waals surface area contributed by atoms with E-state index in [1.165, 1.54) is 12.1 Å². The molecule has 4 N–H and O–H groups in total. The van der Waals surface area contributed by atoms with Gasteiger partial charge in [-0.1, -0.05) is 29.5 Å². The van der Waals surface area contributed by atoms with Gasteiger partial charge < -0.3 is 16.4 Å². The number of anilines is 2. The fraction of sp³-hybridized carbons (Fsp3) is 0.200. The number of halogens is 1. The second kappa shape index (κ2) is 8.51. The molecule has 0 aliphatic heterocycles. The maximum absolute atomic E-state index is 12.9. The maximum atomic E-state index is 12.9. The third-order valence-corrected chi connectivity index (χ3v) is 4.32. The highest BCUT2D eigenvalue weighted by molar-refractivity contribution is 5.97. The normalized spacial score (nSPS) is 10.6. The molecule has 0 radical (unpaired) electrons. The molecule has 0 saturated heterocycles. The molecule has 2 aromatic carbocycles. The van der Waals surface area contributed by atoms with E-state index in [9.17, 15) is 14.0 Å². The van der Waals surface area contributed by atoms with Gasteiger partial charge >= 0.3 is 0 Å². The quantitative estimate of drug-likeness (QED) is 0.591. The first-order chi connectivity index (χ1) is 13.8. The molecule has 1 heterocycles. The fourth-order valence-electron chi connectivity index (χ4n) is 2.66. The van der Waals surface area contributed by atoms with Crippen LogP contribution in [0.25, 0.3) is 0 Å². The summed E-state index contributed by atoms with van der Waals surface area (Å²) in [6.07, 6.45) is 0. The van der Waals surface area contributed by atoms with Crippen molar-refractivity contribution >= 4 is 23.3 Å². The van der Waals surface area contributed by atoms with Crippen LogP contribution in [-0.4, -0.2) is 26.8 Å². The van der Waals surface area contributed by atoms with Gasteiger partial charge in [0.15, 0.2) is 11.5 Å². The smallest absolute Gasteiger partial charge is 0.275 e. The molecule has 0 bridgehead atoms. The molecule has 0 fully saturated rings. The van der Waals surface area contributed by atoms with Gasteiger partial charge in [-0.3, -0.25) is 9.59 Å². The number of benzene rings is 2. The van der Waals surface area contributed by atoms with Gasteiger partial charge in [-0.2, -0.15) is 0 Å². The Labute approximate surface area is 166 Å². The first-order valence-corrected chi connectivity index (χ1v) is 8.92. The van der Waals surface area contributed by atoms with Crippen molar-refractivity contribution in [3.8, 4) is 0 Å². The van der Waals surface area contributed by atoms with Crippen LogP contribution in [0.1, 0.15) is 27.2 Å². The lowest BCUT2D eigenvalue weighted by molar-refractivity contribution is -0.116. The molecule has 150 valence electrons. The molecule has 0 spiro atoms. The Balaban J connectivity index is 1.62. The van der Waals surface area contributed by atoms with Crippen LogP contribution < -0.4 is 16.4 Å². The Morgan fingerprint density at radius 1 is 1.14 bits per heavy atom. The molecule has 1 aromatic heterocycles. The zero-order valence-electron chi connectivity index (χ0n) is 16.1. The number of aromatic nitrogens is 3. The van der Waals surface area contributed by atoms with E-state index in [1.807, 2.05) is 32.0 Å². The van der Waals surface area contributed by atoms with E-state index in [-0.39, 0.29) is 36.3 Å². The van der Waals surface area contributed by atoms with Gasteiger partial charge in [0.2, 0.25) is 5.91 Å². The van der Waals surface area contributed by atoms with Crippen molar-refractivity contribution in [1.82, 2.24) is 20.3 Å². The Hall–Kier alpha value is -3.75. The van der Waals surface area contributed by atoms with Crippen LogP contribution in [0.2, 0.25) is 0 Å². The van der Waals surface area contributed by atoms with E-state index in [1.54, 1.807) is 12.1 Å². The van der Waals surface area contributed by atoms with Crippen LogP contribution in [0.15, 0.2) is 42.5 Å². The van der Waals surface area contributed by atoms with Gasteiger partial charge in [-0.05, 0) is 48.7 Å². The van der Waals surface area contributed by atoms with Crippen LogP contribution in [0, 0.1) is 19.7 Å². The van der Waals surface area contributed by atoms with Gasteiger partial charge in [0.05, 0.1) is 0 Å². The van der Waals surface area contributed by atoms with E-state index in [4.69, 9.17) is 5.73 Å². The highest BCUT2D eigenvalue weighted by atomic mass is 19.1. The molecular weight excluding hydrogens is 375 g/mol. The molecule has 0 aliphatic rings. The number of hydrogen-bond acceptors (Lipinski definition) is 5. The third kappa shape index (κ3) is 4.95. The lowest BCUT2D eigenvalue weighted by Crippen LogP contribution is -2.25. The number of amides is 2. The summed E-state index contributed by atoms with van der Waals surface area (Å²) in [4.78, 5) is 24.6. The average molecular weight is 396 g/mol. The van der Waals surface area contributed by atoms with Crippen LogP contribution >= 0.6 is 0 Å². The van der Waals surface area contributed by atoms with E-state index in [0.29, 0.717) is 5.69 Å². The number of hydrogen-bond donors (Lipinski definition) is 3. The van der Waals surface area contributed by atoms with Crippen LogP contribution in [0.3, 0.4) is 0 Å². The molecule has 3 rings (SSSR count). The van der Waals surface area contributed by atoms with Crippen molar-refractivity contribution in [2.75, 3.05) is 11.1 Å². The minimum absolute atomic E-state index is 0.0160. The minimum atomic E-state index is -0.534. The SMILES string of the molecule is Cc1ccc(C)c(NC(=O)Cn2nnc(C(=O)NCc3ccc(F)cc3)c2N)c1. The number of carbonyl (C=O) groups excluding carboxylic acids is 2. The fourth-order valence-corrected chi connectivity index (χ4v) is 2.66. The molecule has 2 amide bonds. The second-order valence-electron chi connectivity index (χ2n) is 6.66. The van der Waals surface area contributed by atoms with Crippen molar-refractivity contribution < 1.29 is 14.0 Å². The number of rotatable bonds is 6. The van der Waals surface area contributed by atoms with Gasteiger partial charge in [0.25, 0.3) is 5.91 Å². The van der Waals surface area contributed by atoms with E-state index in [0.717, 1.165) is 21.4 Å². The average Bonchev–Trinajstić information content (AvgIpc) is 3.04. The first-order valence-electron chi connectivity index (χ1n) is 8.92. The third-order valence-electron chi connectivity index (χ3n) is 4.32. The molecule has 0 aliphatic carbocycles. The van der Waals surface area contributed by atoms with E-state index < -0.39 is 5.91 Å². The summed E-state index contributed by atoms with van der Waals surface area (Å²) >= 11 is 0. The van der Waals surface area contributed by atoms with Gasteiger partial charge in [-0.15, -0.1) is 5.10 Å². The highest BCUT2D eigenvalue weighted by Crippen LogP contribution is 2.16. The standard InChI is InChI=1S/C20H21FN6O2/c1-12-3-4-13(2)16(9-12)24-17(28)11-27-19(22)18(25-26-27)20(29)23-10-14-5-7-15(21)8-6-14/h3-9H,10-11,22H2,1-2H3,(H,23,29)(H,24,28). The predicted octanol–water partition coefficient (Wildman–Crippen LogP) is 2.18. The minimum Gasteiger partial charge on any atom is -0.382 e. The number of nitrogens with one attached hydrogen (secondary N) is 2. The Kier molecular flexibility index (Phi) is 5.87. The van der Waals surface area contributed by atoms with Crippen molar-refractivity contribution in [2.24, 2.45) is 0 Å². The van der Waals surface area contributed by atoms with Gasteiger partial charge in [0.1, 0.15) is 12.4 Å². The van der Waals surface area contributed by atoms with E-state index >= 15 is 0 Å². The summed E-state index contributed by atoms with van der Waals surface area (Å²) in [5.41, 5.74) is 9.23. The molecule has 0 unspecified atom stereocenters. The number of carbonyl (C=O) groups is 2. The van der Waals surface area contributed by atoms with Crippen LogP contribution in [0.5, 0.6) is 0 Å². The van der Waals surface area contributed by atoms with E-state index in [2.05, 4.69) is 20.9 Å². The van der Waals surface area contributed by atoms with Crippen molar-refractivity contribution in [3.05, 3.63) is 70.7 Å². The first kappa shape index (κ1) is 20.0. The zero-order valence-corrected chi connectivity index (χ0v) is 16.1. The summed E-state index contributed by atoms with van der Waals surface area (Å²) in [5.74, 6) is -1.24. The van der Waals surface area contributed by atoms with Crippen molar-refractivity contribution in [1.29, 1.82) is 0 Å². The molecule has 29 heavy (non-hydrogen) atoms. The molecule has 3 aromatic rings. The summed E-state index contributed by atoms with van der Waals surface area (Å²) in [5, 5.41) is 13.0. The predicted molar refractivity (Wildman–Crippen MR) is 107 cm³/mol. The topological polar surface area (TPSA) is 115 Å². The Morgan fingerprint density at radius 3 is 2.59 bits per heavy atom. The monoisotopic (exact) mass is 396 g/mol.